The molecular formula is C16H14ClN3O3S2. The summed E-state index contributed by atoms with van der Waals surface area (Å²) < 4.78 is 32.7. The Bertz CT molecular complexity index is 986. The monoisotopic (exact) mass is 395 g/mol. The van der Waals surface area contributed by atoms with Gasteiger partial charge >= 0.3 is 0 Å². The number of rotatable bonds is 4. The number of thiophene rings is 1. The molecule has 1 atom stereocenters. The molecule has 0 saturated carbocycles. The van der Waals surface area contributed by atoms with E-state index in [1.807, 2.05) is 16.8 Å². The van der Waals surface area contributed by atoms with Crippen molar-refractivity contribution in [2.75, 3.05) is 13.1 Å². The van der Waals surface area contributed by atoms with E-state index >= 15 is 0 Å². The third-order valence-electron chi connectivity index (χ3n) is 4.14. The van der Waals surface area contributed by atoms with Crippen LogP contribution in [0.15, 0.2) is 50.4 Å². The molecule has 9 heteroatoms. The average Bonchev–Trinajstić information content (AvgIpc) is 3.33. The van der Waals surface area contributed by atoms with Crippen LogP contribution in [0.3, 0.4) is 0 Å². The van der Waals surface area contributed by atoms with Gasteiger partial charge in [0, 0.05) is 29.1 Å². The first-order valence-corrected chi connectivity index (χ1v) is 10.4. The Morgan fingerprint density at radius 3 is 2.92 bits per heavy atom. The van der Waals surface area contributed by atoms with E-state index in [9.17, 15) is 8.42 Å². The largest absolute Gasteiger partial charge is 0.420 e. The number of nitrogens with zero attached hydrogens (tertiary/aromatic N) is 3. The minimum absolute atomic E-state index is 0.103. The molecule has 1 saturated heterocycles. The Kier molecular flexibility index (Phi) is 4.36. The molecule has 1 fully saturated rings. The Hall–Kier alpha value is -1.74. The molecular weight excluding hydrogens is 382 g/mol. The van der Waals surface area contributed by atoms with Gasteiger partial charge in [0.05, 0.1) is 10.8 Å². The molecule has 2 aromatic heterocycles. The molecule has 1 aliphatic rings. The zero-order valence-corrected chi connectivity index (χ0v) is 15.4. The second kappa shape index (κ2) is 6.53. The fraction of sp³-hybridized carbons (Fsp3) is 0.250. The van der Waals surface area contributed by atoms with E-state index in [2.05, 4.69) is 10.2 Å². The van der Waals surface area contributed by atoms with Crippen LogP contribution in [0.25, 0.3) is 11.5 Å². The summed E-state index contributed by atoms with van der Waals surface area (Å²) in [5.74, 6) is 0.839. The van der Waals surface area contributed by atoms with Crippen molar-refractivity contribution in [3.05, 3.63) is 52.0 Å². The first-order valence-electron chi connectivity index (χ1n) is 7.66. The summed E-state index contributed by atoms with van der Waals surface area (Å²) >= 11 is 7.47. The summed E-state index contributed by atoms with van der Waals surface area (Å²) in [6, 6.07) is 8.21. The van der Waals surface area contributed by atoms with Crippen molar-refractivity contribution in [2.24, 2.45) is 0 Å². The minimum Gasteiger partial charge on any atom is -0.420 e. The highest BCUT2D eigenvalue weighted by Crippen LogP contribution is 2.32. The van der Waals surface area contributed by atoms with Gasteiger partial charge in [-0.2, -0.15) is 15.6 Å². The predicted octanol–water partition coefficient (Wildman–Crippen LogP) is 3.63. The lowest BCUT2D eigenvalue weighted by atomic mass is 10.1. The molecule has 6 nitrogen and oxygen atoms in total. The third kappa shape index (κ3) is 3.22. The number of aromatic nitrogens is 2. The van der Waals surface area contributed by atoms with E-state index in [0.717, 1.165) is 5.56 Å². The highest BCUT2D eigenvalue weighted by molar-refractivity contribution is 7.89. The topological polar surface area (TPSA) is 76.3 Å². The van der Waals surface area contributed by atoms with Gasteiger partial charge in [0.2, 0.25) is 21.8 Å². The first kappa shape index (κ1) is 16.7. The van der Waals surface area contributed by atoms with Crippen molar-refractivity contribution in [1.82, 2.24) is 14.5 Å². The zero-order valence-electron chi connectivity index (χ0n) is 13.0. The lowest BCUT2D eigenvalue weighted by Gasteiger charge is -2.16. The predicted molar refractivity (Wildman–Crippen MR) is 95.2 cm³/mol. The van der Waals surface area contributed by atoms with Gasteiger partial charge < -0.3 is 4.42 Å². The number of sulfonamides is 1. The van der Waals surface area contributed by atoms with Gasteiger partial charge in [-0.3, -0.25) is 0 Å². The molecule has 1 unspecified atom stereocenters. The molecule has 0 bridgehead atoms. The Morgan fingerprint density at radius 2 is 2.16 bits per heavy atom. The van der Waals surface area contributed by atoms with Gasteiger partial charge in [0.25, 0.3) is 0 Å². The number of benzene rings is 1. The maximum absolute atomic E-state index is 12.8. The van der Waals surface area contributed by atoms with Crippen LogP contribution in [0, 0.1) is 0 Å². The molecule has 1 aliphatic heterocycles. The highest BCUT2D eigenvalue weighted by Gasteiger charge is 2.35. The Balaban J connectivity index is 1.53. The standard InChI is InChI=1S/C16H14ClN3O3S2/c17-13-2-1-3-14(8-13)25(21,22)20-6-4-11(9-20)15-18-19-16(23-15)12-5-7-24-10-12/h1-3,5,7-8,10-11H,4,6,9H2. The second-order valence-electron chi connectivity index (χ2n) is 5.76. The molecule has 4 rings (SSSR count). The van der Waals surface area contributed by atoms with Gasteiger partial charge in [-0.15, -0.1) is 10.2 Å². The van der Waals surface area contributed by atoms with E-state index in [1.165, 1.54) is 10.4 Å². The van der Waals surface area contributed by atoms with Crippen molar-refractivity contribution in [1.29, 1.82) is 0 Å². The minimum atomic E-state index is -3.58. The van der Waals surface area contributed by atoms with E-state index in [4.69, 9.17) is 16.0 Å². The molecule has 0 amide bonds. The lowest BCUT2D eigenvalue weighted by Crippen LogP contribution is -2.28. The molecule has 3 heterocycles. The van der Waals surface area contributed by atoms with Crippen molar-refractivity contribution >= 4 is 33.0 Å². The van der Waals surface area contributed by atoms with Gasteiger partial charge in [-0.05, 0) is 36.1 Å². The van der Waals surface area contributed by atoms with Crippen LogP contribution in [0.5, 0.6) is 0 Å². The van der Waals surface area contributed by atoms with Gasteiger partial charge in [0.1, 0.15) is 0 Å². The van der Waals surface area contributed by atoms with E-state index in [-0.39, 0.29) is 10.8 Å². The maximum Gasteiger partial charge on any atom is 0.248 e. The molecule has 130 valence electrons. The summed E-state index contributed by atoms with van der Waals surface area (Å²) in [6.07, 6.45) is 0.644. The molecule has 0 spiro atoms. The average molecular weight is 396 g/mol. The molecule has 25 heavy (non-hydrogen) atoms. The Morgan fingerprint density at radius 1 is 1.28 bits per heavy atom. The molecule has 0 aliphatic carbocycles. The van der Waals surface area contributed by atoms with Crippen LogP contribution in [-0.2, 0) is 10.0 Å². The van der Waals surface area contributed by atoms with Crippen LogP contribution in [-0.4, -0.2) is 36.0 Å². The summed E-state index contributed by atoms with van der Waals surface area (Å²) in [4.78, 5) is 0.199. The van der Waals surface area contributed by atoms with E-state index in [0.29, 0.717) is 36.3 Å². The summed E-state index contributed by atoms with van der Waals surface area (Å²) in [5.41, 5.74) is 0.880. The smallest absolute Gasteiger partial charge is 0.248 e. The highest BCUT2D eigenvalue weighted by atomic mass is 35.5. The van der Waals surface area contributed by atoms with Gasteiger partial charge in [-0.1, -0.05) is 17.7 Å². The lowest BCUT2D eigenvalue weighted by molar-refractivity contribution is 0.440. The van der Waals surface area contributed by atoms with Crippen molar-refractivity contribution in [3.8, 4) is 11.5 Å². The molecule has 0 radical (unpaired) electrons. The van der Waals surface area contributed by atoms with Crippen LogP contribution in [0.1, 0.15) is 18.2 Å². The maximum atomic E-state index is 12.8. The van der Waals surface area contributed by atoms with Crippen LogP contribution < -0.4 is 0 Å². The van der Waals surface area contributed by atoms with Crippen LogP contribution in [0.4, 0.5) is 0 Å². The number of halogens is 1. The van der Waals surface area contributed by atoms with Crippen molar-refractivity contribution < 1.29 is 12.8 Å². The van der Waals surface area contributed by atoms with Crippen molar-refractivity contribution in [2.45, 2.75) is 17.2 Å². The number of hydrogen-bond acceptors (Lipinski definition) is 6. The van der Waals surface area contributed by atoms with Gasteiger partial charge in [-0.25, -0.2) is 8.42 Å². The fourth-order valence-electron chi connectivity index (χ4n) is 2.83. The summed E-state index contributed by atoms with van der Waals surface area (Å²) in [7, 11) is -3.58. The second-order valence-corrected chi connectivity index (χ2v) is 8.92. The van der Waals surface area contributed by atoms with E-state index in [1.54, 1.807) is 29.5 Å². The molecule has 1 aromatic carbocycles. The zero-order chi connectivity index (χ0) is 17.4. The fourth-order valence-corrected chi connectivity index (χ4v) is 5.26. The van der Waals surface area contributed by atoms with Crippen molar-refractivity contribution in [3.63, 3.8) is 0 Å². The van der Waals surface area contributed by atoms with Crippen LogP contribution in [0.2, 0.25) is 5.02 Å². The number of hydrogen-bond donors (Lipinski definition) is 0. The summed E-state index contributed by atoms with van der Waals surface area (Å²) in [6.45, 7) is 0.732. The molecule has 0 N–H and O–H groups in total. The van der Waals surface area contributed by atoms with Crippen LogP contribution >= 0.6 is 22.9 Å². The van der Waals surface area contributed by atoms with E-state index < -0.39 is 10.0 Å². The van der Waals surface area contributed by atoms with Gasteiger partial charge in [0.15, 0.2) is 0 Å². The third-order valence-corrected chi connectivity index (χ3v) is 6.92. The first-order chi connectivity index (χ1) is 12.0. The normalized spacial score (nSPS) is 18.7. The SMILES string of the molecule is O=S(=O)(c1cccc(Cl)c1)N1CCC(c2nnc(-c3ccsc3)o2)C1. The summed E-state index contributed by atoms with van der Waals surface area (Å²) in [5, 5.41) is 12.4. The Labute approximate surface area is 154 Å². The quantitative estimate of drug-likeness (QED) is 0.674. The molecule has 3 aromatic rings.